The minimum Gasteiger partial charge on any atom is -0.391 e. The summed E-state index contributed by atoms with van der Waals surface area (Å²) in [5.41, 5.74) is 12.5. The molecular formula is C10H16N2O. The molecule has 1 aromatic rings. The van der Waals surface area contributed by atoms with Crippen molar-refractivity contribution in [3.05, 3.63) is 35.4 Å². The Morgan fingerprint density at radius 2 is 1.92 bits per heavy atom. The molecule has 2 rings (SSSR count). The van der Waals surface area contributed by atoms with Gasteiger partial charge in [0.25, 0.3) is 0 Å². The van der Waals surface area contributed by atoms with Crippen molar-refractivity contribution >= 4 is 0 Å². The van der Waals surface area contributed by atoms with E-state index in [1.165, 1.54) is 12.6 Å². The number of nitrogens with two attached hydrogens (primary N) is 2. The number of benzene rings is 1. The van der Waals surface area contributed by atoms with Crippen LogP contribution in [-0.4, -0.2) is 18.3 Å². The largest absolute Gasteiger partial charge is 0.391 e. The first-order valence-electron chi connectivity index (χ1n) is 4.38. The van der Waals surface area contributed by atoms with Crippen LogP contribution < -0.4 is 11.5 Å². The van der Waals surface area contributed by atoms with E-state index in [0.29, 0.717) is 6.42 Å². The van der Waals surface area contributed by atoms with Crippen molar-refractivity contribution < 1.29 is 5.11 Å². The molecule has 2 atom stereocenters. The molecule has 0 bridgehead atoms. The van der Waals surface area contributed by atoms with Crippen LogP contribution in [0, 0.1) is 0 Å². The van der Waals surface area contributed by atoms with Crippen LogP contribution in [0.4, 0.5) is 0 Å². The monoisotopic (exact) mass is 180 g/mol. The van der Waals surface area contributed by atoms with E-state index in [4.69, 9.17) is 5.73 Å². The van der Waals surface area contributed by atoms with Crippen molar-refractivity contribution in [3.8, 4) is 0 Å². The number of hydrogen-bond acceptors (Lipinski definition) is 3. The molecule has 3 heteroatoms. The fraction of sp³-hybridized carbons (Fsp3) is 0.400. The molecule has 1 aliphatic carbocycles. The number of rotatable bonds is 0. The average molecular weight is 180 g/mol. The standard InChI is InChI=1S/C9H11NO.CH5N/c10-9-7-4-2-1-3-6(7)5-8(9)11;1-2/h1-4,8-9,11H,5,10H2;2H2,1H3/t8-,9-;/m0./s1. The lowest BCUT2D eigenvalue weighted by Gasteiger charge is -2.07. The van der Waals surface area contributed by atoms with Crippen LogP contribution >= 0.6 is 0 Å². The first-order chi connectivity index (χ1) is 6.29. The second kappa shape index (κ2) is 4.37. The maximum Gasteiger partial charge on any atom is 0.0773 e. The van der Waals surface area contributed by atoms with Crippen LogP contribution in [0.1, 0.15) is 17.2 Å². The topological polar surface area (TPSA) is 72.3 Å². The maximum absolute atomic E-state index is 9.39. The van der Waals surface area contributed by atoms with Gasteiger partial charge in [-0.25, -0.2) is 0 Å². The van der Waals surface area contributed by atoms with Crippen molar-refractivity contribution in [2.45, 2.75) is 18.6 Å². The van der Waals surface area contributed by atoms with Crippen molar-refractivity contribution in [3.63, 3.8) is 0 Å². The van der Waals surface area contributed by atoms with E-state index >= 15 is 0 Å². The second-order valence-electron chi connectivity index (χ2n) is 3.00. The molecular weight excluding hydrogens is 164 g/mol. The first-order valence-corrected chi connectivity index (χ1v) is 4.38. The Morgan fingerprint density at radius 3 is 2.54 bits per heavy atom. The third-order valence-corrected chi connectivity index (χ3v) is 2.26. The molecule has 13 heavy (non-hydrogen) atoms. The summed E-state index contributed by atoms with van der Waals surface area (Å²) in [7, 11) is 1.50. The Balaban J connectivity index is 0.000000396. The number of fused-ring (bicyclic) bond motifs is 1. The Labute approximate surface area is 78.4 Å². The summed E-state index contributed by atoms with van der Waals surface area (Å²) in [4.78, 5) is 0. The minimum atomic E-state index is -0.382. The quantitative estimate of drug-likeness (QED) is 0.533. The number of aliphatic hydroxyl groups is 1. The Bertz CT molecular complexity index is 275. The van der Waals surface area contributed by atoms with Gasteiger partial charge in [0.15, 0.2) is 0 Å². The third-order valence-electron chi connectivity index (χ3n) is 2.26. The lowest BCUT2D eigenvalue weighted by atomic mass is 10.1. The van der Waals surface area contributed by atoms with E-state index in [-0.39, 0.29) is 12.1 Å². The first kappa shape index (κ1) is 10.2. The molecule has 5 N–H and O–H groups in total. The summed E-state index contributed by atoms with van der Waals surface area (Å²) >= 11 is 0. The molecule has 0 aliphatic heterocycles. The van der Waals surface area contributed by atoms with Gasteiger partial charge in [-0.1, -0.05) is 24.3 Å². The van der Waals surface area contributed by atoms with Crippen LogP contribution in [0.5, 0.6) is 0 Å². The van der Waals surface area contributed by atoms with E-state index in [0.717, 1.165) is 5.56 Å². The Morgan fingerprint density at radius 1 is 1.31 bits per heavy atom. The summed E-state index contributed by atoms with van der Waals surface area (Å²) < 4.78 is 0. The van der Waals surface area contributed by atoms with Gasteiger partial charge >= 0.3 is 0 Å². The number of aliphatic hydroxyl groups excluding tert-OH is 1. The highest BCUT2D eigenvalue weighted by Gasteiger charge is 2.26. The molecule has 0 heterocycles. The summed E-state index contributed by atoms with van der Waals surface area (Å²) in [5, 5.41) is 9.39. The molecule has 72 valence electrons. The third kappa shape index (κ3) is 1.88. The van der Waals surface area contributed by atoms with Crippen LogP contribution in [-0.2, 0) is 6.42 Å². The molecule has 0 saturated heterocycles. The van der Waals surface area contributed by atoms with Crippen molar-refractivity contribution in [2.75, 3.05) is 7.05 Å². The van der Waals surface area contributed by atoms with Crippen LogP contribution in [0.25, 0.3) is 0 Å². The molecule has 0 saturated carbocycles. The van der Waals surface area contributed by atoms with Gasteiger partial charge in [0.1, 0.15) is 0 Å². The van der Waals surface area contributed by atoms with Gasteiger partial charge in [-0.15, -0.1) is 0 Å². The molecule has 0 spiro atoms. The highest BCUT2D eigenvalue weighted by Crippen LogP contribution is 2.28. The zero-order valence-electron chi connectivity index (χ0n) is 7.77. The van der Waals surface area contributed by atoms with Crippen LogP contribution in [0.3, 0.4) is 0 Å². The van der Waals surface area contributed by atoms with Gasteiger partial charge in [-0.05, 0) is 18.2 Å². The van der Waals surface area contributed by atoms with E-state index in [2.05, 4.69) is 5.73 Å². The summed E-state index contributed by atoms with van der Waals surface area (Å²) in [6.45, 7) is 0. The summed E-state index contributed by atoms with van der Waals surface area (Å²) in [6.07, 6.45) is 0.324. The molecule has 1 aromatic carbocycles. The SMILES string of the molecule is CN.N[C@H]1c2ccccc2C[C@@H]1O. The highest BCUT2D eigenvalue weighted by molar-refractivity contribution is 5.35. The maximum atomic E-state index is 9.39. The number of hydrogen-bond donors (Lipinski definition) is 3. The molecule has 0 aromatic heterocycles. The second-order valence-corrected chi connectivity index (χ2v) is 3.00. The predicted octanol–water partition coefficient (Wildman–Crippen LogP) is 0.178. The van der Waals surface area contributed by atoms with E-state index in [1.807, 2.05) is 24.3 Å². The lowest BCUT2D eigenvalue weighted by molar-refractivity contribution is 0.158. The van der Waals surface area contributed by atoms with Gasteiger partial charge in [0, 0.05) is 6.42 Å². The Hall–Kier alpha value is -0.900. The smallest absolute Gasteiger partial charge is 0.0773 e. The average Bonchev–Trinajstić information content (AvgIpc) is 2.47. The van der Waals surface area contributed by atoms with Gasteiger partial charge in [-0.2, -0.15) is 0 Å². The van der Waals surface area contributed by atoms with Gasteiger partial charge in [0.05, 0.1) is 12.1 Å². The molecule has 0 unspecified atom stereocenters. The van der Waals surface area contributed by atoms with E-state index < -0.39 is 0 Å². The molecule has 3 nitrogen and oxygen atoms in total. The van der Waals surface area contributed by atoms with Crippen LogP contribution in [0.2, 0.25) is 0 Å². The van der Waals surface area contributed by atoms with Gasteiger partial charge in [-0.3, -0.25) is 0 Å². The Kier molecular flexibility index (Phi) is 3.42. The van der Waals surface area contributed by atoms with Gasteiger partial charge in [0.2, 0.25) is 0 Å². The van der Waals surface area contributed by atoms with Crippen molar-refractivity contribution in [2.24, 2.45) is 11.5 Å². The zero-order chi connectivity index (χ0) is 9.84. The van der Waals surface area contributed by atoms with Crippen molar-refractivity contribution in [1.29, 1.82) is 0 Å². The van der Waals surface area contributed by atoms with E-state index in [1.54, 1.807) is 0 Å². The fourth-order valence-electron chi connectivity index (χ4n) is 1.60. The zero-order valence-corrected chi connectivity index (χ0v) is 7.77. The van der Waals surface area contributed by atoms with E-state index in [9.17, 15) is 5.11 Å². The molecule has 0 radical (unpaired) electrons. The summed E-state index contributed by atoms with van der Waals surface area (Å²) in [6, 6.07) is 7.76. The highest BCUT2D eigenvalue weighted by atomic mass is 16.3. The fourth-order valence-corrected chi connectivity index (χ4v) is 1.60. The molecule has 0 fully saturated rings. The lowest BCUT2D eigenvalue weighted by Crippen LogP contribution is -2.21. The van der Waals surface area contributed by atoms with Crippen molar-refractivity contribution in [1.82, 2.24) is 0 Å². The molecule has 0 amide bonds. The summed E-state index contributed by atoms with van der Waals surface area (Å²) in [5.74, 6) is 0. The van der Waals surface area contributed by atoms with Crippen LogP contribution in [0.15, 0.2) is 24.3 Å². The van der Waals surface area contributed by atoms with Gasteiger partial charge < -0.3 is 16.6 Å². The predicted molar refractivity (Wildman–Crippen MR) is 53.2 cm³/mol. The molecule has 1 aliphatic rings. The normalized spacial score (nSPS) is 24.6. The minimum absolute atomic E-state index is 0.175.